The van der Waals surface area contributed by atoms with Crippen LogP contribution in [0.15, 0.2) is 18.3 Å². The predicted molar refractivity (Wildman–Crippen MR) is 51.8 cm³/mol. The fourth-order valence-corrected chi connectivity index (χ4v) is 1.05. The van der Waals surface area contributed by atoms with Crippen LogP contribution < -0.4 is 5.32 Å². The van der Waals surface area contributed by atoms with Crippen molar-refractivity contribution in [2.24, 2.45) is 0 Å². The molecule has 0 aliphatic carbocycles. The molecule has 84 valence electrons. The maximum Gasteiger partial charge on any atom is 0.214 e. The van der Waals surface area contributed by atoms with Crippen molar-refractivity contribution in [3.8, 4) is 0 Å². The lowest BCUT2D eigenvalue weighted by molar-refractivity contribution is 0.0833. The lowest BCUT2D eigenvalue weighted by atomic mass is 10.0. The summed E-state index contributed by atoms with van der Waals surface area (Å²) in [7, 11) is 0. The van der Waals surface area contributed by atoms with Crippen LogP contribution in [0.2, 0.25) is 0 Å². The van der Waals surface area contributed by atoms with E-state index in [0.717, 1.165) is 6.07 Å². The van der Waals surface area contributed by atoms with E-state index in [9.17, 15) is 4.39 Å². The van der Waals surface area contributed by atoms with Gasteiger partial charge in [0.2, 0.25) is 5.95 Å². The van der Waals surface area contributed by atoms with Crippen LogP contribution in [0, 0.1) is 5.95 Å². The number of hydrogen-bond acceptors (Lipinski definition) is 5. The van der Waals surface area contributed by atoms with E-state index in [2.05, 4.69) is 10.3 Å². The number of anilines is 1. The van der Waals surface area contributed by atoms with Gasteiger partial charge in [0.05, 0.1) is 19.8 Å². The van der Waals surface area contributed by atoms with E-state index in [-0.39, 0.29) is 0 Å². The first-order valence-electron chi connectivity index (χ1n) is 4.38. The highest BCUT2D eigenvalue weighted by atomic mass is 19.1. The average Bonchev–Trinajstić information content (AvgIpc) is 2.26. The third-order valence-corrected chi connectivity index (χ3v) is 2.04. The molecule has 4 N–H and O–H groups in total. The molecule has 1 aromatic rings. The van der Waals surface area contributed by atoms with E-state index in [1.807, 2.05) is 0 Å². The molecule has 0 spiro atoms. The zero-order valence-corrected chi connectivity index (χ0v) is 8.02. The van der Waals surface area contributed by atoms with Crippen molar-refractivity contribution in [1.29, 1.82) is 0 Å². The van der Waals surface area contributed by atoms with Crippen LogP contribution in [-0.4, -0.2) is 45.7 Å². The number of nitrogens with zero attached hydrogens (tertiary/aromatic N) is 1. The maximum absolute atomic E-state index is 12.7. The Balaban J connectivity index is 2.82. The van der Waals surface area contributed by atoms with Crippen molar-refractivity contribution in [3.63, 3.8) is 0 Å². The number of aromatic nitrogens is 1. The summed E-state index contributed by atoms with van der Waals surface area (Å²) in [6.45, 7) is -1.40. The SMILES string of the molecule is OCC(CO)(CO)Nc1ccnc(F)c1. The number of hydrogen-bond donors (Lipinski definition) is 4. The van der Waals surface area contributed by atoms with E-state index in [1.165, 1.54) is 12.3 Å². The Morgan fingerprint density at radius 3 is 2.33 bits per heavy atom. The van der Waals surface area contributed by atoms with Crippen molar-refractivity contribution < 1.29 is 19.7 Å². The summed E-state index contributed by atoms with van der Waals surface area (Å²) in [4.78, 5) is 3.35. The van der Waals surface area contributed by atoms with Crippen LogP contribution in [0.4, 0.5) is 10.1 Å². The highest BCUT2D eigenvalue weighted by Crippen LogP contribution is 2.14. The first kappa shape index (κ1) is 11.8. The maximum atomic E-state index is 12.7. The number of aliphatic hydroxyl groups excluding tert-OH is 3. The Kier molecular flexibility index (Phi) is 3.96. The standard InChI is InChI=1S/C9H13FN2O3/c10-8-3-7(1-2-11-8)12-9(4-13,5-14)6-15/h1-3,13-15H,4-6H2,(H,11,12). The summed E-state index contributed by atoms with van der Waals surface area (Å²) < 4.78 is 12.7. The van der Waals surface area contributed by atoms with Crippen molar-refractivity contribution >= 4 is 5.69 Å². The van der Waals surface area contributed by atoms with Gasteiger partial charge in [-0.3, -0.25) is 0 Å². The molecule has 0 bridgehead atoms. The van der Waals surface area contributed by atoms with Crippen LogP contribution in [-0.2, 0) is 0 Å². The number of nitrogens with one attached hydrogen (secondary N) is 1. The summed E-state index contributed by atoms with van der Waals surface area (Å²) in [5.41, 5.74) is -0.923. The highest BCUT2D eigenvalue weighted by Gasteiger charge is 2.27. The molecule has 1 rings (SSSR count). The van der Waals surface area contributed by atoms with Gasteiger partial charge in [-0.1, -0.05) is 0 Å². The number of aliphatic hydroxyl groups is 3. The number of pyridine rings is 1. The molecule has 0 aromatic carbocycles. The molecular weight excluding hydrogens is 203 g/mol. The van der Waals surface area contributed by atoms with Crippen LogP contribution in [0.1, 0.15) is 0 Å². The molecule has 0 aliphatic rings. The molecule has 15 heavy (non-hydrogen) atoms. The van der Waals surface area contributed by atoms with Gasteiger partial charge in [0, 0.05) is 18.0 Å². The number of rotatable bonds is 5. The molecule has 5 nitrogen and oxygen atoms in total. The Morgan fingerprint density at radius 2 is 1.87 bits per heavy atom. The van der Waals surface area contributed by atoms with Crippen molar-refractivity contribution in [2.75, 3.05) is 25.1 Å². The molecule has 0 atom stereocenters. The Hall–Kier alpha value is -1.24. The largest absolute Gasteiger partial charge is 0.394 e. The predicted octanol–water partition coefficient (Wildman–Crippen LogP) is -0.652. The minimum Gasteiger partial charge on any atom is -0.394 e. The molecule has 0 saturated heterocycles. The fourth-order valence-electron chi connectivity index (χ4n) is 1.05. The first-order valence-corrected chi connectivity index (χ1v) is 4.38. The lowest BCUT2D eigenvalue weighted by Crippen LogP contribution is -2.49. The zero-order chi connectivity index (χ0) is 11.3. The lowest BCUT2D eigenvalue weighted by Gasteiger charge is -2.29. The minimum atomic E-state index is -1.26. The van der Waals surface area contributed by atoms with E-state index in [4.69, 9.17) is 15.3 Å². The van der Waals surface area contributed by atoms with Gasteiger partial charge in [0.25, 0.3) is 0 Å². The second-order valence-corrected chi connectivity index (χ2v) is 3.25. The number of halogens is 1. The van der Waals surface area contributed by atoms with Crippen LogP contribution in [0.3, 0.4) is 0 Å². The third kappa shape index (κ3) is 2.85. The molecule has 1 aromatic heterocycles. The molecule has 0 unspecified atom stereocenters. The second-order valence-electron chi connectivity index (χ2n) is 3.25. The van der Waals surface area contributed by atoms with Crippen molar-refractivity contribution in [3.05, 3.63) is 24.3 Å². The molecule has 0 radical (unpaired) electrons. The van der Waals surface area contributed by atoms with Gasteiger partial charge in [0.15, 0.2) is 0 Å². The summed E-state index contributed by atoms with van der Waals surface area (Å²) in [6.07, 6.45) is 1.24. The van der Waals surface area contributed by atoms with E-state index < -0.39 is 31.3 Å². The summed E-state index contributed by atoms with van der Waals surface area (Å²) in [5.74, 6) is -0.678. The van der Waals surface area contributed by atoms with Crippen molar-refractivity contribution in [1.82, 2.24) is 4.98 Å². The Labute approximate surface area is 86.2 Å². The van der Waals surface area contributed by atoms with Gasteiger partial charge in [0.1, 0.15) is 5.54 Å². The highest BCUT2D eigenvalue weighted by molar-refractivity contribution is 5.44. The zero-order valence-electron chi connectivity index (χ0n) is 8.02. The summed E-state index contributed by atoms with van der Waals surface area (Å²) in [5, 5.41) is 29.7. The topological polar surface area (TPSA) is 85.6 Å². The molecule has 6 heteroatoms. The normalized spacial score (nSPS) is 11.5. The van der Waals surface area contributed by atoms with Gasteiger partial charge < -0.3 is 20.6 Å². The van der Waals surface area contributed by atoms with Crippen molar-refractivity contribution in [2.45, 2.75) is 5.54 Å². The van der Waals surface area contributed by atoms with Crippen LogP contribution in [0.25, 0.3) is 0 Å². The van der Waals surface area contributed by atoms with Gasteiger partial charge in [-0.05, 0) is 6.07 Å². The van der Waals surface area contributed by atoms with E-state index >= 15 is 0 Å². The summed E-state index contributed by atoms with van der Waals surface area (Å²) in [6, 6.07) is 2.58. The van der Waals surface area contributed by atoms with Gasteiger partial charge in [-0.2, -0.15) is 4.39 Å². The molecule has 1 heterocycles. The average molecular weight is 216 g/mol. The molecular formula is C9H13FN2O3. The Bertz CT molecular complexity index is 310. The molecule has 0 aliphatic heterocycles. The van der Waals surface area contributed by atoms with Crippen LogP contribution >= 0.6 is 0 Å². The second kappa shape index (κ2) is 5.01. The summed E-state index contributed by atoms with van der Waals surface area (Å²) >= 11 is 0. The van der Waals surface area contributed by atoms with Gasteiger partial charge >= 0.3 is 0 Å². The quantitative estimate of drug-likeness (QED) is 0.491. The Morgan fingerprint density at radius 1 is 1.27 bits per heavy atom. The minimum absolute atomic E-state index is 0.333. The van der Waals surface area contributed by atoms with Gasteiger partial charge in [-0.15, -0.1) is 0 Å². The fraction of sp³-hybridized carbons (Fsp3) is 0.444. The smallest absolute Gasteiger partial charge is 0.214 e. The van der Waals surface area contributed by atoms with E-state index in [0.29, 0.717) is 5.69 Å². The van der Waals surface area contributed by atoms with Gasteiger partial charge in [-0.25, -0.2) is 4.98 Å². The molecule has 0 saturated carbocycles. The molecule has 0 amide bonds. The third-order valence-electron chi connectivity index (χ3n) is 2.04. The van der Waals surface area contributed by atoms with Crippen LogP contribution in [0.5, 0.6) is 0 Å². The van der Waals surface area contributed by atoms with E-state index in [1.54, 1.807) is 0 Å². The molecule has 0 fully saturated rings. The monoisotopic (exact) mass is 216 g/mol. The first-order chi connectivity index (χ1) is 7.15.